The fourth-order valence-electron chi connectivity index (χ4n) is 2.90. The van der Waals surface area contributed by atoms with Gasteiger partial charge in [-0.1, -0.05) is 12.1 Å². The van der Waals surface area contributed by atoms with Crippen LogP contribution in [-0.4, -0.2) is 32.4 Å². The van der Waals surface area contributed by atoms with E-state index in [0.717, 1.165) is 11.1 Å². The predicted molar refractivity (Wildman–Crippen MR) is 101 cm³/mol. The third-order valence-electron chi connectivity index (χ3n) is 4.38. The SMILES string of the molecule is COC(=O)[C@@H](CCc1ccc(N=O)c(OC)c1)Cc1ccc(O)c(OC)c1. The molecule has 0 spiro atoms. The molecule has 0 amide bonds. The van der Waals surface area contributed by atoms with Gasteiger partial charge in [-0.25, -0.2) is 0 Å². The van der Waals surface area contributed by atoms with Gasteiger partial charge in [-0.05, 0) is 59.8 Å². The highest BCUT2D eigenvalue weighted by atomic mass is 16.5. The zero-order valence-electron chi connectivity index (χ0n) is 15.6. The molecule has 0 aromatic heterocycles. The van der Waals surface area contributed by atoms with Gasteiger partial charge in [-0.2, -0.15) is 0 Å². The molecule has 2 aromatic rings. The fourth-order valence-corrected chi connectivity index (χ4v) is 2.90. The molecule has 7 heteroatoms. The van der Waals surface area contributed by atoms with Crippen molar-refractivity contribution in [3.8, 4) is 17.2 Å². The molecule has 0 saturated carbocycles. The second kappa shape index (κ2) is 9.56. The van der Waals surface area contributed by atoms with E-state index in [1.165, 1.54) is 21.3 Å². The molecule has 0 saturated heterocycles. The van der Waals surface area contributed by atoms with Gasteiger partial charge in [0, 0.05) is 0 Å². The summed E-state index contributed by atoms with van der Waals surface area (Å²) in [4.78, 5) is 23.0. The van der Waals surface area contributed by atoms with Crippen molar-refractivity contribution >= 4 is 11.7 Å². The average molecular weight is 373 g/mol. The Kier molecular flexibility index (Phi) is 7.16. The Hall–Kier alpha value is -3.09. The van der Waals surface area contributed by atoms with Gasteiger partial charge in [0.1, 0.15) is 11.4 Å². The van der Waals surface area contributed by atoms with E-state index in [1.807, 2.05) is 0 Å². The van der Waals surface area contributed by atoms with Gasteiger partial charge in [0.2, 0.25) is 0 Å². The number of carbonyl (C=O) groups excluding carboxylic acids is 1. The van der Waals surface area contributed by atoms with Crippen LogP contribution in [0.1, 0.15) is 17.5 Å². The molecule has 0 aliphatic heterocycles. The summed E-state index contributed by atoms with van der Waals surface area (Å²) >= 11 is 0. The van der Waals surface area contributed by atoms with Gasteiger partial charge in [0.15, 0.2) is 11.5 Å². The van der Waals surface area contributed by atoms with Crippen LogP contribution in [0, 0.1) is 10.8 Å². The number of phenols is 1. The summed E-state index contributed by atoms with van der Waals surface area (Å²) < 4.78 is 15.2. The zero-order valence-corrected chi connectivity index (χ0v) is 15.6. The van der Waals surface area contributed by atoms with Crippen molar-refractivity contribution in [1.82, 2.24) is 0 Å². The van der Waals surface area contributed by atoms with E-state index >= 15 is 0 Å². The first kappa shape index (κ1) is 20.2. The first-order valence-corrected chi connectivity index (χ1v) is 8.46. The Balaban J connectivity index is 2.13. The first-order valence-electron chi connectivity index (χ1n) is 8.46. The van der Waals surface area contributed by atoms with Crippen LogP contribution in [-0.2, 0) is 22.4 Å². The maximum absolute atomic E-state index is 12.2. The van der Waals surface area contributed by atoms with Gasteiger partial charge in [-0.15, -0.1) is 4.91 Å². The van der Waals surface area contributed by atoms with E-state index in [9.17, 15) is 14.8 Å². The third-order valence-corrected chi connectivity index (χ3v) is 4.38. The number of ether oxygens (including phenoxy) is 3. The zero-order chi connectivity index (χ0) is 19.8. The number of hydrogen-bond donors (Lipinski definition) is 1. The van der Waals surface area contributed by atoms with Gasteiger partial charge in [-0.3, -0.25) is 4.79 Å². The maximum Gasteiger partial charge on any atom is 0.309 e. The van der Waals surface area contributed by atoms with Crippen molar-refractivity contribution in [3.05, 3.63) is 52.4 Å². The summed E-state index contributed by atoms with van der Waals surface area (Å²) in [6.07, 6.45) is 1.60. The number of carbonyl (C=O) groups is 1. The van der Waals surface area contributed by atoms with Gasteiger partial charge < -0.3 is 19.3 Å². The molecule has 0 radical (unpaired) electrons. The average Bonchev–Trinajstić information content (AvgIpc) is 2.71. The topological polar surface area (TPSA) is 94.4 Å². The summed E-state index contributed by atoms with van der Waals surface area (Å²) in [6.45, 7) is 0. The van der Waals surface area contributed by atoms with Crippen molar-refractivity contribution in [2.45, 2.75) is 19.3 Å². The number of aryl methyl sites for hydroxylation is 1. The maximum atomic E-state index is 12.2. The highest BCUT2D eigenvalue weighted by Crippen LogP contribution is 2.30. The van der Waals surface area contributed by atoms with Crippen LogP contribution in [0.4, 0.5) is 5.69 Å². The fraction of sp³-hybridized carbons (Fsp3) is 0.350. The Morgan fingerprint density at radius 1 is 1.04 bits per heavy atom. The standard InChI is InChI=1S/C20H23NO6/c1-25-18-11-13(5-8-16(18)21-24)4-7-15(20(23)27-3)10-14-6-9-17(22)19(12-14)26-2/h5-6,8-9,11-12,15,22H,4,7,10H2,1-3H3/t15-/m0/s1. The summed E-state index contributed by atoms with van der Waals surface area (Å²) in [5.41, 5.74) is 2.02. The lowest BCUT2D eigenvalue weighted by atomic mass is 9.92. The molecule has 1 atom stereocenters. The highest BCUT2D eigenvalue weighted by molar-refractivity contribution is 5.72. The normalized spacial score (nSPS) is 11.5. The minimum Gasteiger partial charge on any atom is -0.504 e. The van der Waals surface area contributed by atoms with Crippen LogP contribution in [0.2, 0.25) is 0 Å². The molecule has 27 heavy (non-hydrogen) atoms. The van der Waals surface area contributed by atoms with Crippen LogP contribution in [0.3, 0.4) is 0 Å². The van der Waals surface area contributed by atoms with Crippen molar-refractivity contribution in [2.24, 2.45) is 11.1 Å². The lowest BCUT2D eigenvalue weighted by Gasteiger charge is -2.16. The number of methoxy groups -OCH3 is 3. The molecule has 2 aromatic carbocycles. The number of phenolic OH excluding ortho intramolecular Hbond substituents is 1. The van der Waals surface area contributed by atoms with Crippen molar-refractivity contribution in [1.29, 1.82) is 0 Å². The molecule has 7 nitrogen and oxygen atoms in total. The van der Waals surface area contributed by atoms with E-state index in [0.29, 0.717) is 30.8 Å². The molecular formula is C20H23NO6. The Bertz CT molecular complexity index is 805. The van der Waals surface area contributed by atoms with Crippen LogP contribution >= 0.6 is 0 Å². The van der Waals surface area contributed by atoms with Crippen molar-refractivity contribution in [2.75, 3.05) is 21.3 Å². The number of rotatable bonds is 9. The van der Waals surface area contributed by atoms with Crippen molar-refractivity contribution < 1.29 is 24.1 Å². The summed E-state index contributed by atoms with van der Waals surface area (Å²) in [5.74, 6) is 0.143. The number of benzene rings is 2. The summed E-state index contributed by atoms with van der Waals surface area (Å²) in [7, 11) is 4.31. The molecule has 144 valence electrons. The highest BCUT2D eigenvalue weighted by Gasteiger charge is 2.21. The number of nitrogens with zero attached hydrogens (tertiary/aromatic N) is 1. The van der Waals surface area contributed by atoms with Gasteiger partial charge in [0.25, 0.3) is 0 Å². The molecule has 0 fully saturated rings. The van der Waals surface area contributed by atoms with E-state index < -0.39 is 0 Å². The predicted octanol–water partition coefficient (Wildman–Crippen LogP) is 3.77. The molecule has 0 unspecified atom stereocenters. The molecular weight excluding hydrogens is 350 g/mol. The van der Waals surface area contributed by atoms with Gasteiger partial charge in [0.05, 0.1) is 27.2 Å². The second-order valence-electron chi connectivity index (χ2n) is 6.07. The Morgan fingerprint density at radius 2 is 1.70 bits per heavy atom. The minimum absolute atomic E-state index is 0.0480. The first-order chi connectivity index (χ1) is 13.0. The molecule has 0 aliphatic rings. The second-order valence-corrected chi connectivity index (χ2v) is 6.07. The van der Waals surface area contributed by atoms with E-state index in [1.54, 1.807) is 36.4 Å². The molecule has 2 rings (SSSR count). The van der Waals surface area contributed by atoms with Crippen LogP contribution in [0.5, 0.6) is 17.2 Å². The van der Waals surface area contributed by atoms with Crippen LogP contribution in [0.25, 0.3) is 0 Å². The minimum atomic E-state index is -0.362. The lowest BCUT2D eigenvalue weighted by molar-refractivity contribution is -0.145. The number of hydrogen-bond acceptors (Lipinski definition) is 7. The summed E-state index contributed by atoms with van der Waals surface area (Å²) in [6, 6.07) is 10.1. The van der Waals surface area contributed by atoms with Crippen LogP contribution < -0.4 is 9.47 Å². The molecule has 0 aliphatic carbocycles. The molecule has 1 N–H and O–H groups in total. The monoisotopic (exact) mass is 373 g/mol. The smallest absolute Gasteiger partial charge is 0.309 e. The van der Waals surface area contributed by atoms with E-state index in [4.69, 9.17) is 14.2 Å². The Morgan fingerprint density at radius 3 is 2.33 bits per heavy atom. The quantitative estimate of drug-likeness (QED) is 0.531. The van der Waals surface area contributed by atoms with Crippen molar-refractivity contribution in [3.63, 3.8) is 0 Å². The van der Waals surface area contributed by atoms with E-state index in [-0.39, 0.29) is 23.3 Å². The Labute approximate surface area is 157 Å². The third kappa shape index (κ3) is 5.20. The lowest BCUT2D eigenvalue weighted by Crippen LogP contribution is -2.19. The molecule has 0 bridgehead atoms. The van der Waals surface area contributed by atoms with E-state index in [2.05, 4.69) is 5.18 Å². The summed E-state index contributed by atoms with van der Waals surface area (Å²) in [5, 5.41) is 12.6. The molecule has 0 heterocycles. The number of aromatic hydroxyl groups is 1. The van der Waals surface area contributed by atoms with Crippen LogP contribution in [0.15, 0.2) is 41.6 Å². The largest absolute Gasteiger partial charge is 0.504 e. The van der Waals surface area contributed by atoms with Gasteiger partial charge >= 0.3 is 5.97 Å². The number of nitroso groups, excluding NO2 is 1. The number of esters is 1.